The molecule has 4 aromatic rings. The summed E-state index contributed by atoms with van der Waals surface area (Å²) < 4.78 is 40.8. The molecule has 4 aliphatic rings. The molecule has 9 amide bonds. The van der Waals surface area contributed by atoms with Crippen LogP contribution in [0.1, 0.15) is 118 Å². The molecule has 1 saturated heterocycles. The molecule has 1 fully saturated rings. The van der Waals surface area contributed by atoms with Crippen molar-refractivity contribution in [1.29, 1.82) is 0 Å². The standard InChI is InChI=1S/C52H55F2N8O12PS/c53-52(54,75(72,73)74)33-16-20-40-32(24-33)26-41(76-40)49(69)59-37-17-15-30-12-8-13-31-25-39(62(45(30)31)51(37)71)48(68)58-36(18-21-42(55)63)46(66)57-27-44(65)56-23-7-5-3-1-2-4-6-10-29-11-9-14-34-35(29)28-61(50(34)70)38-19-22-43(64)60-47(38)67/h8-9,11-14,16,20,24,26,36-39H,1-5,7,15,17-19,21-23,25,27-28H2,(H2,55,63)(H,56,65)(H,57,66)(H,58,68)(H,59,69)(H,60,64,67)(H2,72,73,74)/t36-,37-,38?,39-/m0/s1. The normalized spacial score (nSPS) is 18.4. The van der Waals surface area contributed by atoms with E-state index in [1.807, 2.05) is 6.07 Å². The number of rotatable bonds is 20. The first kappa shape index (κ1) is 54.9. The lowest BCUT2D eigenvalue weighted by Gasteiger charge is -2.29. The Balaban J connectivity index is 0.790. The van der Waals surface area contributed by atoms with E-state index < -0.39 is 90.9 Å². The number of piperidine rings is 1. The van der Waals surface area contributed by atoms with Crippen LogP contribution in [0.5, 0.6) is 0 Å². The van der Waals surface area contributed by atoms with E-state index in [1.165, 1.54) is 21.9 Å². The number of para-hydroxylation sites is 1. The number of aryl methyl sites for hydroxylation is 1. The number of nitrogens with two attached hydrogens (primary N) is 1. The van der Waals surface area contributed by atoms with Gasteiger partial charge in [0.05, 0.1) is 17.1 Å². The number of carbonyl (C=O) groups is 9. The molecule has 1 unspecified atom stereocenters. The number of fused-ring (bicyclic) bond motifs is 2. The number of unbranched alkanes of at least 4 members (excludes halogenated alkanes) is 5. The first-order valence-electron chi connectivity index (χ1n) is 24.8. The number of alkyl halides is 2. The molecule has 400 valence electrons. The van der Waals surface area contributed by atoms with E-state index in [0.29, 0.717) is 47.3 Å². The van der Waals surface area contributed by atoms with Crippen molar-refractivity contribution in [3.8, 4) is 11.8 Å². The van der Waals surface area contributed by atoms with Gasteiger partial charge in [-0.2, -0.15) is 8.78 Å². The molecule has 3 aromatic carbocycles. The summed E-state index contributed by atoms with van der Waals surface area (Å²) in [5.41, 5.74) is 3.88. The molecule has 0 spiro atoms. The van der Waals surface area contributed by atoms with Crippen LogP contribution in [0.2, 0.25) is 0 Å². The Labute approximate surface area is 438 Å². The quantitative estimate of drug-likeness (QED) is 0.0274. The number of nitrogens with zero attached hydrogens (tertiary/aromatic N) is 2. The molecule has 0 aliphatic carbocycles. The van der Waals surface area contributed by atoms with Crippen molar-refractivity contribution in [2.24, 2.45) is 5.73 Å². The number of primary amides is 1. The molecule has 4 aliphatic heterocycles. The van der Waals surface area contributed by atoms with Gasteiger partial charge in [-0.15, -0.1) is 11.3 Å². The average Bonchev–Trinajstić information content (AvgIpc) is 4.08. The highest BCUT2D eigenvalue weighted by atomic mass is 32.1. The van der Waals surface area contributed by atoms with Crippen LogP contribution >= 0.6 is 18.9 Å². The minimum absolute atomic E-state index is 0.0273. The molecule has 1 aromatic heterocycles. The molecule has 76 heavy (non-hydrogen) atoms. The number of amides is 9. The summed E-state index contributed by atoms with van der Waals surface area (Å²) in [5, 5.41) is 13.0. The maximum atomic E-state index is 14.5. The van der Waals surface area contributed by atoms with Gasteiger partial charge in [0.2, 0.25) is 41.4 Å². The smallest absolute Gasteiger partial charge is 0.370 e. The first-order valence-corrected chi connectivity index (χ1v) is 27.3. The monoisotopic (exact) mass is 1080 g/mol. The van der Waals surface area contributed by atoms with Gasteiger partial charge >= 0.3 is 13.3 Å². The number of hydrogen-bond acceptors (Lipinski definition) is 11. The summed E-state index contributed by atoms with van der Waals surface area (Å²) in [6.07, 6.45) is 5.15. The summed E-state index contributed by atoms with van der Waals surface area (Å²) in [5.74, 6) is 1.19. The fourth-order valence-electron chi connectivity index (χ4n) is 9.85. The third-order valence-corrected chi connectivity index (χ3v) is 15.9. The van der Waals surface area contributed by atoms with Crippen molar-refractivity contribution in [2.45, 2.75) is 120 Å². The van der Waals surface area contributed by atoms with Crippen molar-refractivity contribution >= 4 is 87.9 Å². The van der Waals surface area contributed by atoms with Crippen LogP contribution in [0.15, 0.2) is 60.7 Å². The Morgan fingerprint density at radius 1 is 0.921 bits per heavy atom. The minimum atomic E-state index is -5.85. The molecule has 9 N–H and O–H groups in total. The molecular weight excluding hydrogens is 1030 g/mol. The number of carbonyl (C=O) groups excluding carboxylic acids is 9. The van der Waals surface area contributed by atoms with E-state index in [4.69, 9.17) is 5.73 Å². The zero-order chi connectivity index (χ0) is 54.5. The van der Waals surface area contributed by atoms with E-state index >= 15 is 0 Å². The highest BCUT2D eigenvalue weighted by Gasteiger charge is 2.51. The van der Waals surface area contributed by atoms with Gasteiger partial charge in [-0.25, -0.2) is 0 Å². The van der Waals surface area contributed by atoms with Crippen molar-refractivity contribution < 1.29 is 66.3 Å². The lowest BCUT2D eigenvalue weighted by atomic mass is 10.0. The lowest BCUT2D eigenvalue weighted by Crippen LogP contribution is -2.57. The molecule has 8 rings (SSSR count). The Morgan fingerprint density at radius 2 is 1.67 bits per heavy atom. The van der Waals surface area contributed by atoms with E-state index in [1.54, 1.807) is 30.3 Å². The van der Waals surface area contributed by atoms with Crippen LogP contribution in [-0.2, 0) is 63.2 Å². The third-order valence-electron chi connectivity index (χ3n) is 13.8. The van der Waals surface area contributed by atoms with E-state index in [-0.39, 0.29) is 67.1 Å². The number of benzene rings is 3. The van der Waals surface area contributed by atoms with E-state index in [0.717, 1.165) is 65.8 Å². The Bertz CT molecular complexity index is 3150. The maximum Gasteiger partial charge on any atom is 0.399 e. The topological polar surface area (TPSA) is 304 Å². The van der Waals surface area contributed by atoms with Crippen molar-refractivity contribution in [1.82, 2.24) is 31.5 Å². The van der Waals surface area contributed by atoms with Gasteiger partial charge in [-0.05, 0) is 90.9 Å². The summed E-state index contributed by atoms with van der Waals surface area (Å²) in [7, 11) is -5.85. The molecule has 4 atom stereocenters. The highest BCUT2D eigenvalue weighted by Crippen LogP contribution is 2.59. The molecule has 0 bridgehead atoms. The number of nitrogens with one attached hydrogen (secondary N) is 5. The van der Waals surface area contributed by atoms with Gasteiger partial charge in [0.15, 0.2) is 0 Å². The Hall–Kier alpha value is -7.38. The van der Waals surface area contributed by atoms with Gasteiger partial charge in [-0.1, -0.05) is 61.4 Å². The van der Waals surface area contributed by atoms with Crippen LogP contribution in [0, 0.1) is 11.8 Å². The second kappa shape index (κ2) is 23.2. The largest absolute Gasteiger partial charge is 0.399 e. The molecule has 0 radical (unpaired) electrons. The van der Waals surface area contributed by atoms with Gasteiger partial charge < -0.3 is 41.7 Å². The molecule has 0 saturated carbocycles. The van der Waals surface area contributed by atoms with Crippen LogP contribution in [0.4, 0.5) is 14.5 Å². The van der Waals surface area contributed by atoms with Gasteiger partial charge in [-0.3, -0.25) is 57.9 Å². The predicted octanol–water partition coefficient (Wildman–Crippen LogP) is 3.27. The summed E-state index contributed by atoms with van der Waals surface area (Å²) >= 11 is 0.915. The number of hydrogen-bond donors (Lipinski definition) is 8. The van der Waals surface area contributed by atoms with Gasteiger partial charge in [0, 0.05) is 60.2 Å². The Kier molecular flexibility index (Phi) is 16.8. The maximum absolute atomic E-state index is 14.5. The SMILES string of the molecule is NC(=O)CC[C@H](NC(=O)[C@@H]1Cc2cccc3c2N1C(=O)[C@@H](NC(=O)c1cc2cc(C(F)(F)P(=O)(O)O)ccc2s1)CC3)C(=O)NCC(=O)NCCCCCCCC#Cc1cccc2c1CN(C1CCC(=O)NC1=O)C2=O. The zero-order valence-corrected chi connectivity index (χ0v) is 42.7. The number of halogens is 2. The van der Waals surface area contributed by atoms with Crippen LogP contribution in [0.3, 0.4) is 0 Å². The third kappa shape index (κ3) is 12.2. The predicted molar refractivity (Wildman–Crippen MR) is 272 cm³/mol. The summed E-state index contributed by atoms with van der Waals surface area (Å²) in [6.45, 7) is 0.155. The first-order chi connectivity index (χ1) is 36.2. The number of thiophene rings is 1. The van der Waals surface area contributed by atoms with Crippen LogP contribution in [-0.4, -0.2) is 105 Å². The number of imide groups is 1. The summed E-state index contributed by atoms with van der Waals surface area (Å²) in [4.78, 5) is 139. The van der Waals surface area contributed by atoms with Crippen molar-refractivity contribution in [2.75, 3.05) is 18.0 Å². The fourth-order valence-corrected chi connectivity index (χ4v) is 11.3. The molecule has 24 heteroatoms. The van der Waals surface area contributed by atoms with E-state index in [2.05, 4.69) is 38.4 Å². The van der Waals surface area contributed by atoms with E-state index in [9.17, 15) is 66.3 Å². The number of anilines is 1. The zero-order valence-electron chi connectivity index (χ0n) is 41.0. The second-order valence-corrected chi connectivity index (χ2v) is 21.8. The van der Waals surface area contributed by atoms with Crippen LogP contribution in [0.25, 0.3) is 10.1 Å². The Morgan fingerprint density at radius 3 is 2.43 bits per heavy atom. The highest BCUT2D eigenvalue weighted by molar-refractivity contribution is 7.52. The second-order valence-electron chi connectivity index (χ2n) is 19.1. The fraction of sp³-hybridized carbons (Fsp3) is 0.404. The van der Waals surface area contributed by atoms with Crippen LogP contribution < -0.4 is 37.2 Å². The van der Waals surface area contributed by atoms with Crippen molar-refractivity contribution in [3.05, 3.63) is 98.9 Å². The van der Waals surface area contributed by atoms with Crippen molar-refractivity contribution in [3.63, 3.8) is 0 Å². The van der Waals surface area contributed by atoms with Gasteiger partial charge in [0.1, 0.15) is 24.2 Å². The van der Waals surface area contributed by atoms with Gasteiger partial charge in [0.25, 0.3) is 11.8 Å². The molecular formula is C52H55F2N8O12PS. The molecule has 5 heterocycles. The molecule has 20 nitrogen and oxygen atoms in total. The lowest BCUT2D eigenvalue weighted by molar-refractivity contribution is -0.137. The minimum Gasteiger partial charge on any atom is -0.370 e. The summed E-state index contributed by atoms with van der Waals surface area (Å²) in [6, 6.07) is 10.5. The average molecular weight is 1090 g/mol.